The second kappa shape index (κ2) is 17.0. The van der Waals surface area contributed by atoms with Gasteiger partial charge in [-0.05, 0) is 123 Å². The van der Waals surface area contributed by atoms with Crippen LogP contribution in [0.1, 0.15) is 66.2 Å². The van der Waals surface area contributed by atoms with Gasteiger partial charge in [0.1, 0.15) is 23.7 Å². The van der Waals surface area contributed by atoms with Gasteiger partial charge in [-0.15, -0.1) is 0 Å². The summed E-state index contributed by atoms with van der Waals surface area (Å²) >= 11 is 6.09. The Morgan fingerprint density at radius 2 is 1.86 bits per heavy atom. The number of fused-ring (bicyclic) bond motifs is 2. The Morgan fingerprint density at radius 1 is 1.06 bits per heavy atom. The normalized spacial score (nSPS) is 13.8. The van der Waals surface area contributed by atoms with Crippen LogP contribution in [-0.4, -0.2) is 50.6 Å². The van der Waals surface area contributed by atoms with E-state index in [0.29, 0.717) is 53.8 Å². The van der Waals surface area contributed by atoms with Crippen LogP contribution < -0.4 is 4.74 Å². The fourth-order valence-electron chi connectivity index (χ4n) is 6.21. The monoisotopic (exact) mass is 687 g/mol. The second-order valence-corrected chi connectivity index (χ2v) is 12.4. The first-order valence-electron chi connectivity index (χ1n) is 16.3. The van der Waals surface area contributed by atoms with Gasteiger partial charge in [0.2, 0.25) is 5.89 Å². The van der Waals surface area contributed by atoms with Gasteiger partial charge in [-0.3, -0.25) is 19.5 Å². The van der Waals surface area contributed by atoms with Crippen molar-refractivity contribution in [3.05, 3.63) is 112 Å². The van der Waals surface area contributed by atoms with E-state index in [0.717, 1.165) is 60.3 Å². The molecule has 0 fully saturated rings. The third kappa shape index (κ3) is 9.64. The van der Waals surface area contributed by atoms with Gasteiger partial charge < -0.3 is 19.4 Å². The molecule has 0 aliphatic heterocycles. The molecule has 256 valence electrons. The molecule has 2 heterocycles. The van der Waals surface area contributed by atoms with Crippen LogP contribution in [0.3, 0.4) is 0 Å². The maximum atomic E-state index is 14.5. The van der Waals surface area contributed by atoms with Crippen molar-refractivity contribution in [3.63, 3.8) is 0 Å². The first-order chi connectivity index (χ1) is 23.7. The van der Waals surface area contributed by atoms with E-state index < -0.39 is 5.97 Å². The Kier molecular flexibility index (Phi) is 12.3. The van der Waals surface area contributed by atoms with Crippen molar-refractivity contribution >= 4 is 35.1 Å². The molecule has 2 aromatic heterocycles. The van der Waals surface area contributed by atoms with Crippen molar-refractivity contribution in [1.82, 2.24) is 14.9 Å². The Bertz CT molecular complexity index is 1880. The van der Waals surface area contributed by atoms with Gasteiger partial charge in [-0.25, -0.2) is 9.37 Å². The van der Waals surface area contributed by atoms with Gasteiger partial charge in [0.25, 0.3) is 6.47 Å². The van der Waals surface area contributed by atoms with Crippen LogP contribution in [0.25, 0.3) is 22.6 Å². The molecule has 0 saturated carbocycles. The number of hydrogen-bond acceptors (Lipinski definition) is 7. The number of aryl methyl sites for hydroxylation is 2. The van der Waals surface area contributed by atoms with E-state index in [2.05, 4.69) is 22.0 Å². The summed E-state index contributed by atoms with van der Waals surface area (Å²) in [5.74, 6) is 0.0852. The van der Waals surface area contributed by atoms with E-state index in [4.69, 9.17) is 40.7 Å². The lowest BCUT2D eigenvalue weighted by Gasteiger charge is -2.36. The summed E-state index contributed by atoms with van der Waals surface area (Å²) in [5, 5.41) is 16.6. The summed E-state index contributed by atoms with van der Waals surface area (Å²) in [6, 6.07) is 22.3. The summed E-state index contributed by atoms with van der Waals surface area (Å²) in [7, 11) is 0. The van der Waals surface area contributed by atoms with Crippen molar-refractivity contribution in [1.29, 1.82) is 0 Å². The summed E-state index contributed by atoms with van der Waals surface area (Å²) < 4.78 is 26.6. The molecule has 6 rings (SSSR count). The highest BCUT2D eigenvalue weighted by molar-refractivity contribution is 6.31. The molecule has 11 heteroatoms. The Hall–Kier alpha value is -4.80. The number of rotatable bonds is 13. The highest BCUT2D eigenvalue weighted by atomic mass is 35.5. The van der Waals surface area contributed by atoms with Crippen molar-refractivity contribution in [2.45, 2.75) is 64.5 Å². The maximum Gasteiger partial charge on any atom is 0.303 e. The number of aliphatic carboxylic acids is 1. The number of ether oxygens (including phenoxy) is 1. The average Bonchev–Trinajstić information content (AvgIpc) is 3.51. The number of halogens is 2. The molecule has 0 radical (unpaired) electrons. The molecule has 3 aromatic carbocycles. The first kappa shape index (κ1) is 35.5. The van der Waals surface area contributed by atoms with Gasteiger partial charge in [0.05, 0.1) is 0 Å². The highest BCUT2D eigenvalue weighted by Crippen LogP contribution is 2.35. The van der Waals surface area contributed by atoms with Crippen molar-refractivity contribution < 1.29 is 33.3 Å². The number of pyridine rings is 1. The van der Waals surface area contributed by atoms with Crippen LogP contribution in [0, 0.1) is 12.7 Å². The number of nitrogens with zero attached hydrogens (tertiary/aromatic N) is 3. The summed E-state index contributed by atoms with van der Waals surface area (Å²) in [6.45, 7) is 3.54. The molecule has 1 aliphatic carbocycles. The summed E-state index contributed by atoms with van der Waals surface area (Å²) in [4.78, 5) is 31.3. The number of carbonyl (C=O) groups is 2. The third-order valence-corrected chi connectivity index (χ3v) is 8.80. The van der Waals surface area contributed by atoms with Crippen LogP contribution in [0.15, 0.2) is 77.2 Å². The molecule has 9 nitrogen and oxygen atoms in total. The zero-order valence-electron chi connectivity index (χ0n) is 27.3. The van der Waals surface area contributed by atoms with Crippen molar-refractivity contribution in [2.75, 3.05) is 13.1 Å². The van der Waals surface area contributed by atoms with Crippen molar-refractivity contribution in [2.24, 2.45) is 0 Å². The number of aromatic nitrogens is 2. The largest absolute Gasteiger partial charge is 0.489 e. The first-order valence-corrected chi connectivity index (χ1v) is 16.7. The third-order valence-electron chi connectivity index (χ3n) is 8.56. The quantitative estimate of drug-likeness (QED) is 0.0926. The summed E-state index contributed by atoms with van der Waals surface area (Å²) in [5.41, 5.74) is 7.39. The molecule has 5 aromatic rings. The lowest BCUT2D eigenvalue weighted by molar-refractivity contribution is -0.137. The van der Waals surface area contributed by atoms with Crippen LogP contribution in [-0.2, 0) is 29.0 Å². The molecule has 49 heavy (non-hydrogen) atoms. The number of benzene rings is 3. The average molecular weight is 688 g/mol. The second-order valence-electron chi connectivity index (χ2n) is 12.0. The Labute approximate surface area is 289 Å². The zero-order valence-corrected chi connectivity index (χ0v) is 28.0. The topological polar surface area (TPSA) is 126 Å². The lowest BCUT2D eigenvalue weighted by Crippen LogP contribution is -2.34. The number of carboxylic acids is 1. The molecule has 0 amide bonds. The Balaban J connectivity index is 0.00000151. The minimum absolute atomic E-state index is 0.155. The van der Waals surface area contributed by atoms with Crippen LogP contribution in [0.4, 0.5) is 4.39 Å². The fraction of sp³-hybridized carbons (Fsp3) is 0.316. The van der Waals surface area contributed by atoms with Gasteiger partial charge in [-0.1, -0.05) is 29.8 Å². The maximum absolute atomic E-state index is 14.5. The van der Waals surface area contributed by atoms with E-state index in [9.17, 15) is 9.18 Å². The molecule has 0 saturated heterocycles. The van der Waals surface area contributed by atoms with E-state index in [1.165, 1.54) is 11.6 Å². The minimum atomic E-state index is -0.776. The molecule has 0 spiro atoms. The lowest BCUT2D eigenvalue weighted by atomic mass is 9.89. The number of hydrogen-bond donors (Lipinski definition) is 2. The Morgan fingerprint density at radius 3 is 2.63 bits per heavy atom. The van der Waals surface area contributed by atoms with Crippen LogP contribution in [0.5, 0.6) is 5.75 Å². The molecular weight excluding hydrogens is 649 g/mol. The SMILES string of the molecule is Cc1ccc2c(n1)CCCC2N(CCCCC(=O)O)CCc1cc(F)ccc1OCc1ccc(-c2nc3cc(Cl)ccc3o2)cc1.O=CO. The smallest absolute Gasteiger partial charge is 0.303 e. The van der Waals surface area contributed by atoms with Gasteiger partial charge >= 0.3 is 5.97 Å². The fourth-order valence-corrected chi connectivity index (χ4v) is 6.38. The van der Waals surface area contributed by atoms with E-state index in [1.807, 2.05) is 37.3 Å². The van der Waals surface area contributed by atoms with E-state index in [1.54, 1.807) is 24.3 Å². The number of carboxylic acid groups (broad SMARTS) is 2. The molecule has 2 N–H and O–H groups in total. The standard InChI is InChI=1S/C37H37ClFN3O4.CH2O2/c1-24-8-15-30-31(40-24)5-4-6-33(30)42(19-3-2-7-36(43)44)20-18-27-21-29(39)14-17-34(27)45-23-25-9-11-26(12-10-25)37-41-32-22-28(38)13-16-35(32)46-37;2-1-3/h8-17,21-22,33H,2-7,18-20,23H2,1H3,(H,43,44);1H,(H,2,3). The summed E-state index contributed by atoms with van der Waals surface area (Å²) in [6.07, 6.45) is 5.17. The van der Waals surface area contributed by atoms with E-state index >= 15 is 0 Å². The van der Waals surface area contributed by atoms with Crippen LogP contribution in [0.2, 0.25) is 5.02 Å². The van der Waals surface area contributed by atoms with Gasteiger partial charge in [0.15, 0.2) is 5.58 Å². The molecule has 1 aliphatic rings. The van der Waals surface area contributed by atoms with Crippen molar-refractivity contribution in [3.8, 4) is 17.2 Å². The van der Waals surface area contributed by atoms with Gasteiger partial charge in [-0.2, -0.15) is 0 Å². The number of unbranched alkanes of at least 4 members (excludes halogenated alkanes) is 1. The minimum Gasteiger partial charge on any atom is -0.489 e. The predicted molar refractivity (Wildman–Crippen MR) is 185 cm³/mol. The predicted octanol–water partition coefficient (Wildman–Crippen LogP) is 8.45. The molecule has 1 atom stereocenters. The van der Waals surface area contributed by atoms with E-state index in [-0.39, 0.29) is 24.8 Å². The zero-order chi connectivity index (χ0) is 34.8. The number of oxazole rings is 1. The molecule has 1 unspecified atom stereocenters. The van der Waals surface area contributed by atoms with Gasteiger partial charge in [0, 0.05) is 41.0 Å². The van der Waals surface area contributed by atoms with Crippen LogP contribution >= 0.6 is 11.6 Å². The molecular formula is C38H39ClFN3O6. The highest BCUT2D eigenvalue weighted by Gasteiger charge is 2.27. The molecule has 0 bridgehead atoms.